The van der Waals surface area contributed by atoms with Gasteiger partial charge in [0.15, 0.2) is 0 Å². The lowest BCUT2D eigenvalue weighted by molar-refractivity contribution is -0.156. The minimum atomic E-state index is -1.62. The molecule has 0 bridgehead atoms. The van der Waals surface area contributed by atoms with Crippen molar-refractivity contribution in [2.45, 2.75) is 31.0 Å². The van der Waals surface area contributed by atoms with E-state index in [2.05, 4.69) is 5.32 Å². The highest BCUT2D eigenvalue weighted by atomic mass is 35.5. The summed E-state index contributed by atoms with van der Waals surface area (Å²) in [5.41, 5.74) is 5.12. The molecule has 2 amide bonds. The highest BCUT2D eigenvalue weighted by Gasteiger charge is 2.53. The number of rotatable bonds is 4. The van der Waals surface area contributed by atoms with E-state index in [1.54, 1.807) is 0 Å². The van der Waals surface area contributed by atoms with E-state index >= 15 is 0 Å². The molecular weight excluding hydrogens is 334 g/mol. The molecule has 1 saturated heterocycles. The maximum Gasteiger partial charge on any atom is 0.353 e. The van der Waals surface area contributed by atoms with Crippen LogP contribution in [0.1, 0.15) is 31.3 Å². The number of nitrogens with two attached hydrogens (primary N) is 1. The summed E-state index contributed by atoms with van der Waals surface area (Å²) in [5, 5.41) is 11.7. The van der Waals surface area contributed by atoms with Crippen LogP contribution in [-0.4, -0.2) is 39.9 Å². The summed E-state index contributed by atoms with van der Waals surface area (Å²) in [4.78, 5) is 37.3. The SMILES string of the molecule is [2H]c1c([2H])c([2H])c([C@@H](N)C(=O)N[C@@H]2C(=O)N3C(C(=O)O)=C(Cl)CCC23)c([2H])c1[2H]. The van der Waals surface area contributed by atoms with Crippen molar-refractivity contribution in [2.75, 3.05) is 0 Å². The number of aliphatic carboxylic acids is 1. The Bertz CT molecular complexity index is 957. The lowest BCUT2D eigenvalue weighted by Crippen LogP contribution is -2.72. The summed E-state index contributed by atoms with van der Waals surface area (Å²) in [6.45, 7) is 0. The molecule has 2 aliphatic heterocycles. The Morgan fingerprint density at radius 1 is 1.42 bits per heavy atom. The molecule has 3 rings (SSSR count). The van der Waals surface area contributed by atoms with Gasteiger partial charge < -0.3 is 16.2 Å². The van der Waals surface area contributed by atoms with Crippen molar-refractivity contribution in [3.05, 3.63) is 46.5 Å². The predicted molar refractivity (Wildman–Crippen MR) is 85.7 cm³/mol. The Labute approximate surface area is 150 Å². The van der Waals surface area contributed by atoms with E-state index in [1.807, 2.05) is 0 Å². The van der Waals surface area contributed by atoms with Gasteiger partial charge in [0.05, 0.1) is 12.9 Å². The van der Waals surface area contributed by atoms with Gasteiger partial charge in [-0.05, 0) is 18.4 Å². The van der Waals surface area contributed by atoms with Crippen LogP contribution in [0.2, 0.25) is 0 Å². The summed E-state index contributed by atoms with van der Waals surface area (Å²) in [5.74, 6) is -2.94. The average Bonchev–Trinajstić information content (AvgIpc) is 2.68. The number of carboxylic acids is 1. The number of nitrogens with zero attached hydrogens (tertiary/aromatic N) is 1. The first-order valence-corrected chi connectivity index (χ1v) is 7.44. The number of carboxylic acid groups (broad SMARTS) is 1. The van der Waals surface area contributed by atoms with Gasteiger partial charge in [-0.25, -0.2) is 4.79 Å². The molecule has 7 nitrogen and oxygen atoms in total. The Kier molecular flexibility index (Phi) is 2.93. The quantitative estimate of drug-likeness (QED) is 0.689. The third-order valence-electron chi connectivity index (χ3n) is 3.99. The summed E-state index contributed by atoms with van der Waals surface area (Å²) >= 11 is 5.90. The molecule has 24 heavy (non-hydrogen) atoms. The van der Waals surface area contributed by atoms with E-state index in [1.165, 1.54) is 0 Å². The van der Waals surface area contributed by atoms with E-state index in [9.17, 15) is 19.5 Å². The number of amides is 2. The number of benzene rings is 1. The summed E-state index contributed by atoms with van der Waals surface area (Å²) in [6.07, 6.45) is 0.551. The third-order valence-corrected chi connectivity index (χ3v) is 4.36. The molecule has 0 aromatic heterocycles. The predicted octanol–water partition coefficient (Wildman–Crippen LogP) is 0.711. The number of carbonyl (C=O) groups excluding carboxylic acids is 2. The van der Waals surface area contributed by atoms with E-state index in [4.69, 9.17) is 24.2 Å². The Hall–Kier alpha value is -2.38. The van der Waals surface area contributed by atoms with Gasteiger partial charge in [0, 0.05) is 5.03 Å². The fraction of sp³-hybridized carbons (Fsp3) is 0.312. The average molecular weight is 355 g/mol. The van der Waals surface area contributed by atoms with Crippen molar-refractivity contribution in [1.29, 1.82) is 0 Å². The van der Waals surface area contributed by atoms with Crippen LogP contribution in [-0.2, 0) is 14.4 Å². The van der Waals surface area contributed by atoms with Crippen molar-refractivity contribution in [1.82, 2.24) is 10.2 Å². The highest BCUT2D eigenvalue weighted by molar-refractivity contribution is 6.32. The number of allylic oxidation sites excluding steroid dienone is 1. The minimum absolute atomic E-state index is 0.0442. The fourth-order valence-corrected chi connectivity index (χ4v) is 3.09. The smallest absolute Gasteiger partial charge is 0.353 e. The van der Waals surface area contributed by atoms with Crippen LogP contribution in [0, 0.1) is 0 Å². The Morgan fingerprint density at radius 3 is 2.71 bits per heavy atom. The van der Waals surface area contributed by atoms with Crippen LogP contribution < -0.4 is 11.1 Å². The topological polar surface area (TPSA) is 113 Å². The number of fused-ring (bicyclic) bond motifs is 1. The van der Waals surface area contributed by atoms with Gasteiger partial charge in [-0.1, -0.05) is 41.8 Å². The Balaban J connectivity index is 1.83. The van der Waals surface area contributed by atoms with E-state index in [0.717, 1.165) is 4.90 Å². The minimum Gasteiger partial charge on any atom is -0.477 e. The van der Waals surface area contributed by atoms with Crippen molar-refractivity contribution in [3.8, 4) is 0 Å². The van der Waals surface area contributed by atoms with Gasteiger partial charge in [0.2, 0.25) is 5.91 Å². The first-order valence-electron chi connectivity index (χ1n) is 9.56. The number of nitrogens with one attached hydrogen (secondary N) is 1. The van der Waals surface area contributed by atoms with E-state index in [0.29, 0.717) is 6.42 Å². The zero-order chi connectivity index (χ0) is 21.8. The van der Waals surface area contributed by atoms with Crippen LogP contribution >= 0.6 is 11.6 Å². The maximum absolute atomic E-state index is 12.6. The number of hydrogen-bond donors (Lipinski definition) is 3. The molecule has 4 N–H and O–H groups in total. The van der Waals surface area contributed by atoms with Gasteiger partial charge in [-0.3, -0.25) is 14.5 Å². The second-order valence-electron chi connectivity index (χ2n) is 5.38. The van der Waals surface area contributed by atoms with Gasteiger partial charge in [0.1, 0.15) is 17.8 Å². The van der Waals surface area contributed by atoms with Crippen molar-refractivity contribution < 1.29 is 26.3 Å². The molecule has 1 unspecified atom stereocenters. The first kappa shape index (κ1) is 11.2. The number of halogens is 1. The van der Waals surface area contributed by atoms with Crippen LogP contribution in [0.5, 0.6) is 0 Å². The van der Waals surface area contributed by atoms with E-state index < -0.39 is 71.7 Å². The third kappa shape index (κ3) is 2.65. The molecule has 3 atom stereocenters. The molecular formula is C16H16ClN3O4. The molecule has 0 spiro atoms. The van der Waals surface area contributed by atoms with Gasteiger partial charge >= 0.3 is 5.97 Å². The number of carbonyl (C=O) groups is 3. The van der Waals surface area contributed by atoms with Gasteiger partial charge in [-0.2, -0.15) is 0 Å². The molecule has 1 aromatic carbocycles. The lowest BCUT2D eigenvalue weighted by atomic mass is 9.86. The van der Waals surface area contributed by atoms with Crippen molar-refractivity contribution in [3.63, 3.8) is 0 Å². The molecule has 1 aromatic rings. The monoisotopic (exact) mass is 354 g/mol. The summed E-state index contributed by atoms with van der Waals surface area (Å²) in [7, 11) is 0. The van der Waals surface area contributed by atoms with Gasteiger partial charge in [0.25, 0.3) is 5.91 Å². The molecule has 0 aliphatic carbocycles. The molecule has 2 heterocycles. The number of hydrogen-bond acceptors (Lipinski definition) is 4. The second kappa shape index (κ2) is 6.26. The summed E-state index contributed by atoms with van der Waals surface area (Å²) in [6, 6.07) is -6.38. The highest BCUT2D eigenvalue weighted by Crippen LogP contribution is 2.38. The van der Waals surface area contributed by atoms with Crippen LogP contribution in [0.3, 0.4) is 0 Å². The van der Waals surface area contributed by atoms with Crippen molar-refractivity contribution >= 4 is 29.4 Å². The Morgan fingerprint density at radius 2 is 2.08 bits per heavy atom. The zero-order valence-electron chi connectivity index (χ0n) is 17.2. The molecule has 0 saturated carbocycles. The lowest BCUT2D eigenvalue weighted by Gasteiger charge is -2.49. The van der Waals surface area contributed by atoms with Crippen molar-refractivity contribution in [2.24, 2.45) is 5.73 Å². The maximum atomic E-state index is 12.6. The molecule has 126 valence electrons. The molecule has 2 aliphatic rings. The standard InChI is InChI=1S/C16H16ClN3O4/c17-9-6-7-10-12(15(22)20(10)13(9)16(23)24)19-14(21)11(18)8-4-2-1-3-5-8/h1-5,10-12H,6-7,18H2,(H,19,21)(H,23,24)/t10?,11-,12+/m1/s1/i1D,2D,3D,4D,5D. The molecule has 8 heteroatoms. The van der Waals surface area contributed by atoms with Gasteiger partial charge in [-0.15, -0.1) is 0 Å². The van der Waals surface area contributed by atoms with Crippen LogP contribution in [0.15, 0.2) is 40.9 Å². The number of β-lactam (4-membered cyclic amide) rings is 1. The second-order valence-corrected chi connectivity index (χ2v) is 5.83. The largest absolute Gasteiger partial charge is 0.477 e. The van der Waals surface area contributed by atoms with E-state index in [-0.39, 0.29) is 17.2 Å². The van der Waals surface area contributed by atoms with Crippen LogP contribution in [0.4, 0.5) is 0 Å². The molecule has 1 fully saturated rings. The zero-order valence-corrected chi connectivity index (χ0v) is 13.0. The van der Waals surface area contributed by atoms with Crippen LogP contribution in [0.25, 0.3) is 0 Å². The fourth-order valence-electron chi connectivity index (χ4n) is 2.81. The normalized spacial score (nSPS) is 27.0. The summed E-state index contributed by atoms with van der Waals surface area (Å²) < 4.78 is 38.7. The first-order chi connectivity index (χ1) is 13.5. The molecule has 0 radical (unpaired) electrons.